The number of carbonyl (C=O) groups excluding carboxylic acids is 2. The zero-order valence-corrected chi connectivity index (χ0v) is 22.0. The highest BCUT2D eigenvalue weighted by atomic mass is 32.2. The molecule has 2 saturated heterocycles. The molecule has 1 aromatic heterocycles. The molecule has 1 aliphatic carbocycles. The van der Waals surface area contributed by atoms with Gasteiger partial charge < -0.3 is 9.32 Å². The topological polar surface area (TPSA) is 87.9 Å². The van der Waals surface area contributed by atoms with Crippen molar-refractivity contribution in [2.24, 2.45) is 5.92 Å². The normalized spacial score (nSPS) is 26.1. The van der Waals surface area contributed by atoms with Crippen molar-refractivity contribution in [2.45, 2.75) is 38.3 Å². The van der Waals surface area contributed by atoms with E-state index in [4.69, 9.17) is 16.6 Å². The summed E-state index contributed by atoms with van der Waals surface area (Å²) in [6.07, 6.45) is 3.01. The third kappa shape index (κ3) is 5.42. The maximum absolute atomic E-state index is 13.5. The molecule has 0 radical (unpaired) electrons. The third-order valence-corrected chi connectivity index (χ3v) is 9.92. The first-order valence-corrected chi connectivity index (χ1v) is 14.7. The number of amides is 2. The van der Waals surface area contributed by atoms with E-state index < -0.39 is 27.7 Å². The Hall–Kier alpha value is -2.50. The Bertz CT molecular complexity index is 1350. The molecule has 5 rings (SSSR count). The molecule has 36 heavy (non-hydrogen) atoms. The van der Waals surface area contributed by atoms with E-state index in [9.17, 15) is 22.4 Å². The molecule has 3 aliphatic rings. The van der Waals surface area contributed by atoms with Gasteiger partial charge in [-0.15, -0.1) is 0 Å². The quantitative estimate of drug-likeness (QED) is 0.382. The molecule has 2 aliphatic heterocycles. The first-order valence-electron chi connectivity index (χ1n) is 11.7. The first-order chi connectivity index (χ1) is 17.1. The molecular weight excluding hydrogens is 523 g/mol. The van der Waals surface area contributed by atoms with Crippen LogP contribution in [0, 0.1) is 11.7 Å². The number of carbonyl (C=O) groups is 2. The molecule has 2 amide bonds. The fourth-order valence-corrected chi connectivity index (χ4v) is 7.57. The van der Waals surface area contributed by atoms with Gasteiger partial charge in [0.15, 0.2) is 9.84 Å². The Morgan fingerprint density at radius 3 is 2.64 bits per heavy atom. The van der Waals surface area contributed by atoms with Crippen LogP contribution in [0.3, 0.4) is 0 Å². The van der Waals surface area contributed by atoms with Crippen molar-refractivity contribution in [2.75, 3.05) is 18.1 Å². The highest BCUT2D eigenvalue weighted by Gasteiger charge is 2.40. The van der Waals surface area contributed by atoms with E-state index in [1.807, 2.05) is 12.1 Å². The van der Waals surface area contributed by atoms with Gasteiger partial charge >= 0.3 is 0 Å². The van der Waals surface area contributed by atoms with E-state index in [0.717, 1.165) is 23.9 Å². The second kappa shape index (κ2) is 9.75. The number of hydrogen-bond acceptors (Lipinski definition) is 7. The lowest BCUT2D eigenvalue weighted by Gasteiger charge is -2.29. The smallest absolute Gasteiger partial charge is 0.266 e. The molecule has 1 saturated carbocycles. The highest BCUT2D eigenvalue weighted by Crippen LogP contribution is 2.47. The Balaban J connectivity index is 1.33. The summed E-state index contributed by atoms with van der Waals surface area (Å²) < 4.78 is 43.8. The zero-order chi connectivity index (χ0) is 25.6. The molecule has 3 atom stereocenters. The molecule has 0 spiro atoms. The maximum atomic E-state index is 13.5. The van der Waals surface area contributed by atoms with Gasteiger partial charge in [0, 0.05) is 12.0 Å². The molecule has 3 fully saturated rings. The van der Waals surface area contributed by atoms with Crippen molar-refractivity contribution < 1.29 is 26.8 Å². The van der Waals surface area contributed by atoms with E-state index in [1.54, 1.807) is 18.2 Å². The molecule has 7 nitrogen and oxygen atoms in total. The van der Waals surface area contributed by atoms with Crippen LogP contribution < -0.4 is 0 Å². The van der Waals surface area contributed by atoms with Crippen molar-refractivity contribution in [3.8, 4) is 0 Å². The van der Waals surface area contributed by atoms with Gasteiger partial charge in [0.05, 0.1) is 23.0 Å². The van der Waals surface area contributed by atoms with Gasteiger partial charge in [0.25, 0.3) is 5.91 Å². The number of furan rings is 1. The molecule has 0 bridgehead atoms. The van der Waals surface area contributed by atoms with Crippen LogP contribution in [-0.4, -0.2) is 58.4 Å². The second-order valence-corrected chi connectivity index (χ2v) is 13.4. The number of benzene rings is 1. The summed E-state index contributed by atoms with van der Waals surface area (Å²) in [6, 6.07) is 8.95. The number of nitrogens with zero attached hydrogens (tertiary/aromatic N) is 2. The minimum absolute atomic E-state index is 0.0197. The standard InChI is InChI=1S/C25H25FN2O5S3/c1-15-10-20(15)21-7-6-19(33-21)12-27(18-8-9-36(31,32)14-18)23(29)13-28-24(30)22(35-25(28)34)11-16-2-4-17(26)5-3-16/h2-7,11,15,18,20H,8-10,12-14H2,1H3/b22-11-. The van der Waals surface area contributed by atoms with Crippen LogP contribution >= 0.6 is 24.0 Å². The van der Waals surface area contributed by atoms with Crippen molar-refractivity contribution in [3.63, 3.8) is 0 Å². The van der Waals surface area contributed by atoms with Crippen LogP contribution in [0.1, 0.15) is 42.8 Å². The third-order valence-electron chi connectivity index (χ3n) is 6.79. The summed E-state index contributed by atoms with van der Waals surface area (Å²) in [4.78, 5) is 29.6. The number of hydrogen-bond donors (Lipinski definition) is 0. The van der Waals surface area contributed by atoms with Crippen molar-refractivity contribution >= 4 is 56.0 Å². The van der Waals surface area contributed by atoms with Gasteiger partial charge in [-0.2, -0.15) is 0 Å². The van der Waals surface area contributed by atoms with E-state index in [1.165, 1.54) is 21.9 Å². The molecule has 1 aromatic carbocycles. The predicted molar refractivity (Wildman–Crippen MR) is 139 cm³/mol. The molecule has 190 valence electrons. The minimum Gasteiger partial charge on any atom is -0.464 e. The molecule has 11 heteroatoms. The van der Waals surface area contributed by atoms with E-state index in [0.29, 0.717) is 34.5 Å². The van der Waals surface area contributed by atoms with E-state index >= 15 is 0 Å². The van der Waals surface area contributed by atoms with Gasteiger partial charge in [0.1, 0.15) is 28.2 Å². The molecule has 0 N–H and O–H groups in total. The fourth-order valence-electron chi connectivity index (χ4n) is 4.58. The fraction of sp³-hybridized carbons (Fsp3) is 0.400. The largest absolute Gasteiger partial charge is 0.464 e. The molecule has 3 heterocycles. The van der Waals surface area contributed by atoms with Crippen molar-refractivity contribution in [3.05, 3.63) is 64.2 Å². The van der Waals surface area contributed by atoms with Crippen LogP contribution in [0.25, 0.3) is 6.08 Å². The monoisotopic (exact) mass is 548 g/mol. The average molecular weight is 549 g/mol. The Morgan fingerprint density at radius 1 is 1.28 bits per heavy atom. The van der Waals surface area contributed by atoms with Gasteiger partial charge in [-0.3, -0.25) is 14.5 Å². The Kier molecular flexibility index (Phi) is 6.82. The summed E-state index contributed by atoms with van der Waals surface area (Å²) in [7, 11) is -3.24. The van der Waals surface area contributed by atoms with Crippen molar-refractivity contribution in [1.29, 1.82) is 0 Å². The highest BCUT2D eigenvalue weighted by molar-refractivity contribution is 8.26. The van der Waals surface area contributed by atoms with Crippen LogP contribution in [0.15, 0.2) is 45.7 Å². The minimum atomic E-state index is -3.24. The lowest BCUT2D eigenvalue weighted by molar-refractivity contribution is -0.137. The lowest BCUT2D eigenvalue weighted by Crippen LogP contribution is -2.46. The van der Waals surface area contributed by atoms with Gasteiger partial charge in [0.2, 0.25) is 5.91 Å². The summed E-state index contributed by atoms with van der Waals surface area (Å²) >= 11 is 6.44. The number of thioether (sulfide) groups is 1. The predicted octanol–water partition coefficient (Wildman–Crippen LogP) is 3.96. The first kappa shape index (κ1) is 25.2. The zero-order valence-electron chi connectivity index (χ0n) is 19.6. The van der Waals surface area contributed by atoms with E-state index in [2.05, 4.69) is 6.92 Å². The summed E-state index contributed by atoms with van der Waals surface area (Å²) in [5.74, 6) is 1.14. The van der Waals surface area contributed by atoms with Crippen LogP contribution in [0.4, 0.5) is 4.39 Å². The molecular formula is C25H25FN2O5S3. The van der Waals surface area contributed by atoms with Gasteiger partial charge in [-0.1, -0.05) is 43.0 Å². The maximum Gasteiger partial charge on any atom is 0.266 e. The Morgan fingerprint density at radius 2 is 2.00 bits per heavy atom. The van der Waals surface area contributed by atoms with Crippen LogP contribution in [0.5, 0.6) is 0 Å². The van der Waals surface area contributed by atoms with E-state index in [-0.39, 0.29) is 34.7 Å². The number of sulfone groups is 1. The summed E-state index contributed by atoms with van der Waals surface area (Å²) in [6.45, 7) is 1.98. The lowest BCUT2D eigenvalue weighted by atomic mass is 10.2. The molecule has 3 unspecified atom stereocenters. The number of halogens is 1. The second-order valence-electron chi connectivity index (χ2n) is 9.52. The summed E-state index contributed by atoms with van der Waals surface area (Å²) in [5, 5.41) is 0. The van der Waals surface area contributed by atoms with Crippen molar-refractivity contribution in [1.82, 2.24) is 9.80 Å². The number of thiocarbonyl (C=S) groups is 1. The van der Waals surface area contributed by atoms with Gasteiger partial charge in [-0.25, -0.2) is 12.8 Å². The SMILES string of the molecule is CC1CC1c1ccc(CN(C(=O)CN2C(=O)/C(=C/c3ccc(F)cc3)SC2=S)C2CCS(=O)(=O)C2)o1. The number of rotatable bonds is 7. The Labute approximate surface area is 218 Å². The molecule has 2 aromatic rings. The summed E-state index contributed by atoms with van der Waals surface area (Å²) in [5.41, 5.74) is 0.639. The van der Waals surface area contributed by atoms with Crippen LogP contribution in [-0.2, 0) is 26.0 Å². The average Bonchev–Trinajstić information content (AvgIpc) is 3.12. The van der Waals surface area contributed by atoms with Gasteiger partial charge in [-0.05, 0) is 54.7 Å². The van der Waals surface area contributed by atoms with Crippen LogP contribution in [0.2, 0.25) is 0 Å².